The van der Waals surface area contributed by atoms with Crippen LogP contribution in [-0.4, -0.2) is 47.0 Å². The summed E-state index contributed by atoms with van der Waals surface area (Å²) in [6, 6.07) is 0.472. The molecule has 3 heterocycles. The molecule has 0 aromatic heterocycles. The Morgan fingerprint density at radius 1 is 0.944 bits per heavy atom. The number of hydrogen-bond acceptors (Lipinski definition) is 2. The lowest BCUT2D eigenvalue weighted by Gasteiger charge is -2.40. The van der Waals surface area contributed by atoms with E-state index in [1.54, 1.807) is 4.31 Å². The number of nitrogens with zero attached hydrogens (tertiary/aromatic N) is 2. The highest BCUT2D eigenvalue weighted by molar-refractivity contribution is 9.09. The molecule has 3 aliphatic heterocycles. The second kappa shape index (κ2) is 5.04. The molecule has 3 aliphatic rings. The van der Waals surface area contributed by atoms with Gasteiger partial charge in [0.15, 0.2) is 0 Å². The van der Waals surface area contributed by atoms with Crippen molar-refractivity contribution in [3.8, 4) is 0 Å². The number of rotatable bonds is 2. The Bertz CT molecular complexity index is 394. The summed E-state index contributed by atoms with van der Waals surface area (Å²) in [6.07, 6.45) is 7.24. The van der Waals surface area contributed by atoms with Gasteiger partial charge in [0.05, 0.1) is 0 Å². The SMILES string of the molecule is O=S(=O)(N1CCCCC1)N1C2CCC1CC(Br)C2. The number of halogens is 1. The summed E-state index contributed by atoms with van der Waals surface area (Å²) in [5.74, 6) is 0. The fraction of sp³-hybridized carbons (Fsp3) is 1.00. The first kappa shape index (κ1) is 13.3. The molecule has 2 unspecified atom stereocenters. The van der Waals surface area contributed by atoms with Crippen molar-refractivity contribution in [1.82, 2.24) is 8.61 Å². The molecule has 2 bridgehead atoms. The minimum atomic E-state index is -3.20. The van der Waals surface area contributed by atoms with Crippen molar-refractivity contribution >= 4 is 26.1 Å². The number of hydrogen-bond donors (Lipinski definition) is 0. The summed E-state index contributed by atoms with van der Waals surface area (Å²) in [4.78, 5) is 0.503. The van der Waals surface area contributed by atoms with Gasteiger partial charge in [-0.25, -0.2) is 0 Å². The molecule has 2 atom stereocenters. The van der Waals surface area contributed by atoms with Gasteiger partial charge in [-0.3, -0.25) is 0 Å². The van der Waals surface area contributed by atoms with E-state index in [0.717, 1.165) is 51.6 Å². The van der Waals surface area contributed by atoms with Gasteiger partial charge in [-0.05, 0) is 38.5 Å². The van der Waals surface area contributed by atoms with Gasteiger partial charge in [0.25, 0.3) is 10.2 Å². The number of alkyl halides is 1. The average Bonchev–Trinajstić information content (AvgIpc) is 2.64. The molecule has 6 heteroatoms. The molecule has 0 radical (unpaired) electrons. The van der Waals surface area contributed by atoms with Crippen LogP contribution in [0.2, 0.25) is 0 Å². The van der Waals surface area contributed by atoms with Crippen LogP contribution in [0.4, 0.5) is 0 Å². The van der Waals surface area contributed by atoms with Crippen LogP contribution in [-0.2, 0) is 10.2 Å². The molecule has 4 nitrogen and oxygen atoms in total. The van der Waals surface area contributed by atoms with Crippen molar-refractivity contribution in [2.75, 3.05) is 13.1 Å². The normalized spacial score (nSPS) is 39.1. The number of fused-ring (bicyclic) bond motifs is 2. The van der Waals surface area contributed by atoms with Gasteiger partial charge in [-0.15, -0.1) is 0 Å². The van der Waals surface area contributed by atoms with E-state index in [0.29, 0.717) is 4.83 Å². The van der Waals surface area contributed by atoms with Crippen molar-refractivity contribution < 1.29 is 8.42 Å². The summed E-state index contributed by atoms with van der Waals surface area (Å²) in [5.41, 5.74) is 0. The second-order valence-electron chi connectivity index (χ2n) is 5.75. The zero-order valence-corrected chi connectivity index (χ0v) is 13.0. The van der Waals surface area contributed by atoms with Crippen LogP contribution in [0.3, 0.4) is 0 Å². The third-order valence-electron chi connectivity index (χ3n) is 4.52. The van der Waals surface area contributed by atoms with Crippen LogP contribution in [0.15, 0.2) is 0 Å². The Hall–Kier alpha value is 0.350. The van der Waals surface area contributed by atoms with Gasteiger partial charge in [0, 0.05) is 30.0 Å². The van der Waals surface area contributed by atoms with Crippen LogP contribution < -0.4 is 0 Å². The first-order chi connectivity index (χ1) is 8.59. The molecule has 0 amide bonds. The molecule has 0 saturated carbocycles. The fourth-order valence-corrected chi connectivity index (χ4v) is 6.66. The summed E-state index contributed by atoms with van der Waals surface area (Å²) in [7, 11) is -3.20. The lowest BCUT2D eigenvalue weighted by molar-refractivity contribution is 0.224. The molecule has 0 aliphatic carbocycles. The lowest BCUT2D eigenvalue weighted by atomic mass is 10.1. The second-order valence-corrected chi connectivity index (χ2v) is 8.88. The molecular weight excluding hydrogens is 316 g/mol. The smallest absolute Gasteiger partial charge is 0.195 e. The van der Waals surface area contributed by atoms with Crippen LogP contribution in [0.5, 0.6) is 0 Å². The highest BCUT2D eigenvalue weighted by Crippen LogP contribution is 2.41. The Morgan fingerprint density at radius 2 is 1.50 bits per heavy atom. The summed E-state index contributed by atoms with van der Waals surface area (Å²) in [5, 5.41) is 0. The maximum atomic E-state index is 12.7. The maximum Gasteiger partial charge on any atom is 0.282 e. The highest BCUT2D eigenvalue weighted by atomic mass is 79.9. The van der Waals surface area contributed by atoms with Crippen molar-refractivity contribution in [3.05, 3.63) is 0 Å². The monoisotopic (exact) mass is 336 g/mol. The highest BCUT2D eigenvalue weighted by Gasteiger charge is 2.48. The topological polar surface area (TPSA) is 40.6 Å². The summed E-state index contributed by atoms with van der Waals surface area (Å²) >= 11 is 3.66. The third-order valence-corrected chi connectivity index (χ3v) is 7.41. The van der Waals surface area contributed by atoms with Gasteiger partial charge < -0.3 is 0 Å². The first-order valence-corrected chi connectivity index (χ1v) is 9.33. The molecule has 18 heavy (non-hydrogen) atoms. The Balaban J connectivity index is 1.81. The molecular formula is C12H21BrN2O2S. The van der Waals surface area contributed by atoms with Gasteiger partial charge in [-0.2, -0.15) is 17.0 Å². The van der Waals surface area contributed by atoms with Crippen molar-refractivity contribution in [2.24, 2.45) is 0 Å². The van der Waals surface area contributed by atoms with E-state index in [4.69, 9.17) is 0 Å². The molecule has 3 saturated heterocycles. The van der Waals surface area contributed by atoms with Crippen LogP contribution in [0, 0.1) is 0 Å². The zero-order valence-electron chi connectivity index (χ0n) is 10.6. The van der Waals surface area contributed by atoms with Crippen molar-refractivity contribution in [2.45, 2.75) is 61.9 Å². The van der Waals surface area contributed by atoms with Crippen LogP contribution >= 0.6 is 15.9 Å². The van der Waals surface area contributed by atoms with Gasteiger partial charge >= 0.3 is 0 Å². The van der Waals surface area contributed by atoms with E-state index in [1.807, 2.05) is 4.31 Å². The minimum absolute atomic E-state index is 0.236. The first-order valence-electron chi connectivity index (χ1n) is 7.02. The lowest BCUT2D eigenvalue weighted by Crippen LogP contribution is -2.53. The van der Waals surface area contributed by atoms with Crippen LogP contribution in [0.1, 0.15) is 44.9 Å². The molecule has 0 spiro atoms. The van der Waals surface area contributed by atoms with E-state index < -0.39 is 10.2 Å². The van der Waals surface area contributed by atoms with Crippen molar-refractivity contribution in [1.29, 1.82) is 0 Å². The molecule has 104 valence electrons. The van der Waals surface area contributed by atoms with E-state index in [9.17, 15) is 8.42 Å². The van der Waals surface area contributed by atoms with Gasteiger partial charge in [0.2, 0.25) is 0 Å². The molecule has 0 aromatic carbocycles. The third kappa shape index (κ3) is 2.25. The molecule has 0 N–H and O–H groups in total. The standard InChI is InChI=1S/C12H21BrN2O2S/c13-10-8-11-4-5-12(9-10)15(11)18(16,17)14-6-2-1-3-7-14/h10-12H,1-9H2. The minimum Gasteiger partial charge on any atom is -0.195 e. The predicted octanol–water partition coefficient (Wildman–Crippen LogP) is 2.11. The van der Waals surface area contributed by atoms with Crippen molar-refractivity contribution in [3.63, 3.8) is 0 Å². The van der Waals surface area contributed by atoms with Gasteiger partial charge in [0.1, 0.15) is 0 Å². The van der Waals surface area contributed by atoms with Crippen LogP contribution in [0.25, 0.3) is 0 Å². The average molecular weight is 337 g/mol. The Morgan fingerprint density at radius 3 is 2.06 bits per heavy atom. The molecule has 3 fully saturated rings. The molecule has 0 aromatic rings. The fourth-order valence-electron chi connectivity index (χ4n) is 3.67. The van der Waals surface area contributed by atoms with E-state index in [1.165, 1.54) is 6.42 Å². The largest absolute Gasteiger partial charge is 0.282 e. The Kier molecular flexibility index (Phi) is 3.73. The van der Waals surface area contributed by atoms with E-state index in [2.05, 4.69) is 15.9 Å². The Labute approximate surface area is 118 Å². The van der Waals surface area contributed by atoms with E-state index >= 15 is 0 Å². The van der Waals surface area contributed by atoms with E-state index in [-0.39, 0.29) is 12.1 Å². The summed E-state index contributed by atoms with van der Waals surface area (Å²) < 4.78 is 29.1. The predicted molar refractivity (Wildman–Crippen MR) is 74.9 cm³/mol. The number of piperidine rings is 2. The van der Waals surface area contributed by atoms with Gasteiger partial charge in [-0.1, -0.05) is 22.4 Å². The molecule has 3 rings (SSSR count). The quantitative estimate of drug-likeness (QED) is 0.724. The maximum absolute atomic E-state index is 12.7. The summed E-state index contributed by atoms with van der Waals surface area (Å²) in [6.45, 7) is 1.44. The zero-order chi connectivity index (χ0) is 12.8.